The van der Waals surface area contributed by atoms with Gasteiger partial charge in [0.05, 0.1) is 0 Å². The molecule has 0 radical (unpaired) electrons. The average Bonchev–Trinajstić information content (AvgIpc) is 2.00. The molecule has 0 rings (SSSR count). The third kappa shape index (κ3) is 2.42. The van der Waals surface area contributed by atoms with Crippen molar-refractivity contribution in [2.24, 2.45) is 0 Å². The van der Waals surface area contributed by atoms with Crippen LogP contribution < -0.4 is 0 Å². The minimum atomic E-state index is 0.663. The molecule has 0 amide bonds. The second kappa shape index (κ2) is 4.37. The van der Waals surface area contributed by atoms with Crippen LogP contribution >= 0.6 is 0 Å². The molecule has 1 unspecified atom stereocenters. The maximum absolute atomic E-state index is 2.31. The van der Waals surface area contributed by atoms with E-state index in [1.807, 2.05) is 0 Å². The van der Waals surface area contributed by atoms with E-state index in [0.717, 1.165) is 0 Å². The summed E-state index contributed by atoms with van der Waals surface area (Å²) in [6, 6.07) is 0.663. The van der Waals surface area contributed by atoms with Gasteiger partial charge in [0.2, 0.25) is 0 Å². The van der Waals surface area contributed by atoms with Crippen LogP contribution in [0.5, 0.6) is 0 Å². The molecule has 0 aromatic heterocycles. The van der Waals surface area contributed by atoms with Crippen molar-refractivity contribution >= 4 is 0 Å². The van der Waals surface area contributed by atoms with Crippen molar-refractivity contribution in [3.05, 3.63) is 11.8 Å². The molecule has 0 aliphatic rings. The zero-order valence-corrected chi connectivity index (χ0v) is 7.81. The summed E-state index contributed by atoms with van der Waals surface area (Å²) < 4.78 is 0. The summed E-state index contributed by atoms with van der Waals surface area (Å²) in [6.45, 7) is 8.68. The summed E-state index contributed by atoms with van der Waals surface area (Å²) in [5, 5.41) is 0. The fraction of sp³-hybridized carbons (Fsp3) is 0.778. The van der Waals surface area contributed by atoms with Crippen LogP contribution in [0.4, 0.5) is 0 Å². The van der Waals surface area contributed by atoms with Gasteiger partial charge in [-0.05, 0) is 27.2 Å². The highest BCUT2D eigenvalue weighted by Crippen LogP contribution is 2.07. The fourth-order valence-electron chi connectivity index (χ4n) is 0.825. The molecule has 1 nitrogen and oxygen atoms in total. The van der Waals surface area contributed by atoms with Crippen molar-refractivity contribution in [2.45, 2.75) is 40.2 Å². The van der Waals surface area contributed by atoms with Gasteiger partial charge >= 0.3 is 0 Å². The number of allylic oxidation sites excluding steroid dienone is 2. The van der Waals surface area contributed by atoms with Gasteiger partial charge in [-0.3, -0.25) is 0 Å². The van der Waals surface area contributed by atoms with Crippen molar-refractivity contribution in [1.29, 1.82) is 0 Å². The summed E-state index contributed by atoms with van der Waals surface area (Å²) in [5.74, 6) is 0. The standard InChI is InChI=1S/C9H19N/c1-6-8(3)10(5)9(4)7-2/h6,9H,7H2,1-5H3. The van der Waals surface area contributed by atoms with Gasteiger partial charge in [-0.2, -0.15) is 0 Å². The van der Waals surface area contributed by atoms with E-state index in [4.69, 9.17) is 0 Å². The van der Waals surface area contributed by atoms with Gasteiger partial charge in [0.25, 0.3) is 0 Å². The highest BCUT2D eigenvalue weighted by atomic mass is 15.1. The van der Waals surface area contributed by atoms with Gasteiger partial charge in [0.1, 0.15) is 0 Å². The topological polar surface area (TPSA) is 3.24 Å². The Bertz CT molecular complexity index is 116. The number of hydrogen-bond donors (Lipinski definition) is 0. The van der Waals surface area contributed by atoms with Crippen molar-refractivity contribution in [1.82, 2.24) is 4.90 Å². The van der Waals surface area contributed by atoms with Gasteiger partial charge in [0, 0.05) is 18.8 Å². The Kier molecular flexibility index (Phi) is 4.17. The van der Waals surface area contributed by atoms with Crippen molar-refractivity contribution in [2.75, 3.05) is 7.05 Å². The smallest absolute Gasteiger partial charge is 0.0252 e. The van der Waals surface area contributed by atoms with E-state index < -0.39 is 0 Å². The van der Waals surface area contributed by atoms with E-state index in [1.54, 1.807) is 0 Å². The van der Waals surface area contributed by atoms with Gasteiger partial charge in [-0.25, -0.2) is 0 Å². The summed E-state index contributed by atoms with van der Waals surface area (Å²) in [6.07, 6.45) is 3.36. The van der Waals surface area contributed by atoms with Gasteiger partial charge in [0.15, 0.2) is 0 Å². The maximum atomic E-state index is 2.31. The molecule has 0 aromatic carbocycles. The first kappa shape index (κ1) is 9.54. The molecule has 10 heavy (non-hydrogen) atoms. The molecule has 0 aliphatic heterocycles. The van der Waals surface area contributed by atoms with Crippen LogP contribution in [0.3, 0.4) is 0 Å². The predicted octanol–water partition coefficient (Wildman–Crippen LogP) is 2.64. The normalized spacial score (nSPS) is 15.1. The van der Waals surface area contributed by atoms with Crippen molar-refractivity contribution in [3.8, 4) is 0 Å². The van der Waals surface area contributed by atoms with Gasteiger partial charge in [-0.15, -0.1) is 0 Å². The molecule has 0 N–H and O–H groups in total. The molecule has 1 heteroatoms. The third-order valence-corrected chi connectivity index (χ3v) is 2.23. The molecular weight excluding hydrogens is 122 g/mol. The van der Waals surface area contributed by atoms with E-state index in [9.17, 15) is 0 Å². The lowest BCUT2D eigenvalue weighted by atomic mass is 10.2. The minimum Gasteiger partial charge on any atom is -0.376 e. The largest absolute Gasteiger partial charge is 0.376 e. The summed E-state index contributed by atoms with van der Waals surface area (Å²) in [4.78, 5) is 2.31. The summed E-state index contributed by atoms with van der Waals surface area (Å²) in [5.41, 5.74) is 1.36. The van der Waals surface area contributed by atoms with Gasteiger partial charge < -0.3 is 4.90 Å². The van der Waals surface area contributed by atoms with E-state index >= 15 is 0 Å². The Morgan fingerprint density at radius 2 is 2.10 bits per heavy atom. The lowest BCUT2D eigenvalue weighted by molar-refractivity contribution is 0.316. The Labute approximate surface area is 64.7 Å². The Morgan fingerprint density at radius 1 is 1.60 bits per heavy atom. The van der Waals surface area contributed by atoms with Crippen LogP contribution in [0.25, 0.3) is 0 Å². The molecule has 0 bridgehead atoms. The van der Waals surface area contributed by atoms with Crippen LogP contribution in [-0.2, 0) is 0 Å². The molecule has 0 aliphatic carbocycles. The molecule has 1 atom stereocenters. The van der Waals surface area contributed by atoms with Crippen molar-refractivity contribution < 1.29 is 0 Å². The number of nitrogens with zero attached hydrogens (tertiary/aromatic N) is 1. The lowest BCUT2D eigenvalue weighted by Crippen LogP contribution is -2.26. The molecular formula is C9H19N. The SMILES string of the molecule is CC=C(C)N(C)C(C)CC. The zero-order valence-electron chi connectivity index (χ0n) is 7.81. The van der Waals surface area contributed by atoms with E-state index in [0.29, 0.717) is 6.04 Å². The first-order valence-electron chi connectivity index (χ1n) is 3.99. The minimum absolute atomic E-state index is 0.663. The highest BCUT2D eigenvalue weighted by Gasteiger charge is 2.04. The van der Waals surface area contributed by atoms with E-state index in [1.165, 1.54) is 12.1 Å². The molecule has 60 valence electrons. The van der Waals surface area contributed by atoms with Crippen LogP contribution in [0.2, 0.25) is 0 Å². The third-order valence-electron chi connectivity index (χ3n) is 2.23. The molecule has 0 spiro atoms. The van der Waals surface area contributed by atoms with Crippen LogP contribution in [0.15, 0.2) is 11.8 Å². The lowest BCUT2D eigenvalue weighted by Gasteiger charge is -2.26. The first-order valence-corrected chi connectivity index (χ1v) is 3.99. The molecule has 0 fully saturated rings. The first-order chi connectivity index (χ1) is 4.63. The monoisotopic (exact) mass is 141 g/mol. The highest BCUT2D eigenvalue weighted by molar-refractivity contribution is 4.95. The Balaban J connectivity index is 3.94. The van der Waals surface area contributed by atoms with E-state index in [2.05, 4.69) is 45.7 Å². The Hall–Kier alpha value is -0.460. The predicted molar refractivity (Wildman–Crippen MR) is 46.9 cm³/mol. The van der Waals surface area contributed by atoms with E-state index in [-0.39, 0.29) is 0 Å². The summed E-state index contributed by atoms with van der Waals surface area (Å²) in [7, 11) is 2.14. The zero-order chi connectivity index (χ0) is 8.15. The average molecular weight is 141 g/mol. The van der Waals surface area contributed by atoms with Crippen LogP contribution in [0.1, 0.15) is 34.1 Å². The quantitative estimate of drug-likeness (QED) is 0.584. The number of rotatable bonds is 3. The molecule has 0 aromatic rings. The fourth-order valence-corrected chi connectivity index (χ4v) is 0.825. The Morgan fingerprint density at radius 3 is 2.40 bits per heavy atom. The second-order valence-corrected chi connectivity index (χ2v) is 2.80. The maximum Gasteiger partial charge on any atom is 0.0252 e. The van der Waals surface area contributed by atoms with Crippen LogP contribution in [0, 0.1) is 0 Å². The van der Waals surface area contributed by atoms with Crippen LogP contribution in [-0.4, -0.2) is 18.0 Å². The summed E-state index contributed by atoms with van der Waals surface area (Å²) >= 11 is 0. The molecule has 0 heterocycles. The molecule has 0 saturated carbocycles. The number of hydrogen-bond acceptors (Lipinski definition) is 1. The second-order valence-electron chi connectivity index (χ2n) is 2.80. The van der Waals surface area contributed by atoms with Crippen molar-refractivity contribution in [3.63, 3.8) is 0 Å². The molecule has 0 saturated heterocycles. The van der Waals surface area contributed by atoms with Gasteiger partial charge in [-0.1, -0.05) is 13.0 Å².